The van der Waals surface area contributed by atoms with E-state index in [1.165, 1.54) is 16.9 Å². The Hall–Kier alpha value is -1.81. The van der Waals surface area contributed by atoms with Crippen molar-refractivity contribution in [2.24, 2.45) is 0 Å². The molecule has 0 aliphatic heterocycles. The molecule has 1 atom stereocenters. The van der Waals surface area contributed by atoms with Gasteiger partial charge in [0.25, 0.3) is 0 Å². The number of carbonyl (C=O) groups excluding carboxylic acids is 1. The molecule has 0 amide bonds. The highest BCUT2D eigenvalue weighted by Crippen LogP contribution is 2.26. The molecule has 0 fully saturated rings. The zero-order valence-corrected chi connectivity index (χ0v) is 12.8. The maximum absolute atomic E-state index is 11.4. The van der Waals surface area contributed by atoms with Gasteiger partial charge in [0.2, 0.25) is 0 Å². The van der Waals surface area contributed by atoms with Crippen molar-refractivity contribution in [2.45, 2.75) is 26.3 Å². The fourth-order valence-electron chi connectivity index (χ4n) is 1.96. The minimum Gasteiger partial charge on any atom is -0.465 e. The van der Waals surface area contributed by atoms with Crippen molar-refractivity contribution in [1.29, 1.82) is 0 Å². The lowest BCUT2D eigenvalue weighted by molar-refractivity contribution is 0.0601. The number of ether oxygens (including phenoxy) is 1. The maximum Gasteiger partial charge on any atom is 0.337 e. The summed E-state index contributed by atoms with van der Waals surface area (Å²) in [6.45, 7) is 4.30. The summed E-state index contributed by atoms with van der Waals surface area (Å²) in [5.74, 6) is -0.310. The first-order chi connectivity index (χ1) is 9.63. The van der Waals surface area contributed by atoms with Crippen molar-refractivity contribution in [3.63, 3.8) is 0 Å². The molecule has 1 unspecified atom stereocenters. The van der Waals surface area contributed by atoms with E-state index in [4.69, 9.17) is 0 Å². The number of esters is 1. The van der Waals surface area contributed by atoms with Crippen molar-refractivity contribution in [2.75, 3.05) is 12.4 Å². The summed E-state index contributed by atoms with van der Waals surface area (Å²) in [5.41, 5.74) is 1.56. The summed E-state index contributed by atoms with van der Waals surface area (Å²) in [6, 6.07) is 11.9. The van der Waals surface area contributed by atoms with Crippen LogP contribution in [0.15, 0.2) is 36.4 Å². The average molecular weight is 289 g/mol. The third-order valence-electron chi connectivity index (χ3n) is 3.15. The molecule has 0 bridgehead atoms. The Bertz CT molecular complexity index is 574. The first-order valence-electron chi connectivity index (χ1n) is 6.67. The average Bonchev–Trinajstić information content (AvgIpc) is 2.96. The van der Waals surface area contributed by atoms with Gasteiger partial charge in [0.15, 0.2) is 0 Å². The molecule has 0 radical (unpaired) electrons. The van der Waals surface area contributed by atoms with E-state index in [1.54, 1.807) is 12.1 Å². The van der Waals surface area contributed by atoms with E-state index in [1.807, 2.05) is 23.5 Å². The minimum absolute atomic E-state index is 0.254. The van der Waals surface area contributed by atoms with Gasteiger partial charge in [0, 0.05) is 15.4 Å². The van der Waals surface area contributed by atoms with Crippen LogP contribution in [0.3, 0.4) is 0 Å². The van der Waals surface area contributed by atoms with Crippen LogP contribution in [0.5, 0.6) is 0 Å². The number of hydrogen-bond acceptors (Lipinski definition) is 4. The van der Waals surface area contributed by atoms with Gasteiger partial charge in [-0.15, -0.1) is 11.3 Å². The summed E-state index contributed by atoms with van der Waals surface area (Å²) >= 11 is 1.84. The molecule has 1 heterocycles. The molecule has 20 heavy (non-hydrogen) atoms. The van der Waals surface area contributed by atoms with Gasteiger partial charge in [-0.05, 0) is 49.7 Å². The SMILES string of the molecule is CCc1ccc(C(C)Nc2ccc(C(=O)OC)cc2)s1. The normalized spacial score (nSPS) is 11.9. The number of carbonyl (C=O) groups is 1. The molecule has 0 saturated heterocycles. The Morgan fingerprint density at radius 2 is 1.95 bits per heavy atom. The summed E-state index contributed by atoms with van der Waals surface area (Å²) in [6.07, 6.45) is 1.07. The monoisotopic (exact) mass is 289 g/mol. The highest BCUT2D eigenvalue weighted by molar-refractivity contribution is 7.12. The molecule has 0 aliphatic carbocycles. The van der Waals surface area contributed by atoms with E-state index >= 15 is 0 Å². The molecule has 1 N–H and O–H groups in total. The number of thiophene rings is 1. The molecule has 3 nitrogen and oxygen atoms in total. The highest BCUT2D eigenvalue weighted by Gasteiger charge is 2.09. The van der Waals surface area contributed by atoms with Crippen LogP contribution in [0.1, 0.15) is 40.0 Å². The lowest BCUT2D eigenvalue weighted by atomic mass is 10.2. The molecule has 2 rings (SSSR count). The number of rotatable bonds is 5. The van der Waals surface area contributed by atoms with Crippen LogP contribution in [-0.4, -0.2) is 13.1 Å². The number of aryl methyl sites for hydroxylation is 1. The quantitative estimate of drug-likeness (QED) is 0.835. The first-order valence-corrected chi connectivity index (χ1v) is 7.49. The molecule has 4 heteroatoms. The minimum atomic E-state index is -0.310. The zero-order valence-electron chi connectivity index (χ0n) is 12.0. The van der Waals surface area contributed by atoms with Crippen LogP contribution in [0.25, 0.3) is 0 Å². The van der Waals surface area contributed by atoms with Gasteiger partial charge in [-0.25, -0.2) is 4.79 Å². The number of methoxy groups -OCH3 is 1. The first kappa shape index (κ1) is 14.6. The lowest BCUT2D eigenvalue weighted by Gasteiger charge is -2.14. The summed E-state index contributed by atoms with van der Waals surface area (Å²) in [4.78, 5) is 14.1. The molecular formula is C16H19NO2S. The lowest BCUT2D eigenvalue weighted by Crippen LogP contribution is -2.05. The smallest absolute Gasteiger partial charge is 0.337 e. The van der Waals surface area contributed by atoms with E-state index in [2.05, 4.69) is 36.0 Å². The van der Waals surface area contributed by atoms with E-state index in [9.17, 15) is 4.79 Å². The Balaban J connectivity index is 2.04. The largest absolute Gasteiger partial charge is 0.465 e. The zero-order chi connectivity index (χ0) is 14.5. The van der Waals surface area contributed by atoms with E-state index in [0.717, 1.165) is 12.1 Å². The van der Waals surface area contributed by atoms with Gasteiger partial charge < -0.3 is 10.1 Å². The van der Waals surface area contributed by atoms with Crippen LogP contribution in [0.4, 0.5) is 5.69 Å². The third kappa shape index (κ3) is 3.39. The van der Waals surface area contributed by atoms with E-state index < -0.39 is 0 Å². The second-order valence-corrected chi connectivity index (χ2v) is 5.79. The molecule has 106 valence electrons. The molecular weight excluding hydrogens is 270 g/mol. The van der Waals surface area contributed by atoms with Crippen LogP contribution in [0, 0.1) is 0 Å². The Labute approximate surface area is 123 Å². The van der Waals surface area contributed by atoms with Crippen molar-refractivity contribution < 1.29 is 9.53 Å². The van der Waals surface area contributed by atoms with Crippen LogP contribution in [-0.2, 0) is 11.2 Å². The molecule has 1 aromatic carbocycles. The summed E-state index contributed by atoms with van der Waals surface area (Å²) in [7, 11) is 1.39. The van der Waals surface area contributed by atoms with Crippen molar-refractivity contribution in [1.82, 2.24) is 0 Å². The fraction of sp³-hybridized carbons (Fsp3) is 0.312. The summed E-state index contributed by atoms with van der Waals surface area (Å²) in [5, 5.41) is 3.44. The van der Waals surface area contributed by atoms with Crippen LogP contribution in [0.2, 0.25) is 0 Å². The second kappa shape index (κ2) is 6.57. The standard InChI is InChI=1S/C16H19NO2S/c1-4-14-9-10-15(20-14)11(2)17-13-7-5-12(6-8-13)16(18)19-3/h5-11,17H,4H2,1-3H3. The molecule has 0 aliphatic rings. The predicted octanol–water partition coefficient (Wildman–Crippen LogP) is 4.27. The van der Waals surface area contributed by atoms with Crippen molar-refractivity contribution in [3.8, 4) is 0 Å². The number of anilines is 1. The Morgan fingerprint density at radius 1 is 1.25 bits per heavy atom. The maximum atomic E-state index is 11.4. The van der Waals surface area contributed by atoms with E-state index in [-0.39, 0.29) is 12.0 Å². The molecule has 1 aromatic heterocycles. The highest BCUT2D eigenvalue weighted by atomic mass is 32.1. The Kier molecular flexibility index (Phi) is 4.79. The molecule has 2 aromatic rings. The van der Waals surface area contributed by atoms with Crippen LogP contribution < -0.4 is 5.32 Å². The summed E-state index contributed by atoms with van der Waals surface area (Å²) < 4.78 is 4.68. The van der Waals surface area contributed by atoms with Gasteiger partial charge in [0.1, 0.15) is 0 Å². The predicted molar refractivity (Wildman–Crippen MR) is 83.5 cm³/mol. The van der Waals surface area contributed by atoms with Crippen LogP contribution >= 0.6 is 11.3 Å². The van der Waals surface area contributed by atoms with E-state index in [0.29, 0.717) is 5.56 Å². The number of nitrogens with one attached hydrogen (secondary N) is 1. The van der Waals surface area contributed by atoms with Crippen molar-refractivity contribution in [3.05, 3.63) is 51.7 Å². The van der Waals surface area contributed by atoms with Gasteiger partial charge in [0.05, 0.1) is 18.7 Å². The van der Waals surface area contributed by atoms with Gasteiger partial charge >= 0.3 is 5.97 Å². The topological polar surface area (TPSA) is 38.3 Å². The molecule has 0 spiro atoms. The second-order valence-electron chi connectivity index (χ2n) is 4.59. The third-order valence-corrected chi connectivity index (χ3v) is 4.56. The number of benzene rings is 1. The fourth-order valence-corrected chi connectivity index (χ4v) is 2.91. The molecule has 0 saturated carbocycles. The Morgan fingerprint density at radius 3 is 2.50 bits per heavy atom. The van der Waals surface area contributed by atoms with Gasteiger partial charge in [-0.2, -0.15) is 0 Å². The number of hydrogen-bond donors (Lipinski definition) is 1. The van der Waals surface area contributed by atoms with Gasteiger partial charge in [-0.3, -0.25) is 0 Å². The van der Waals surface area contributed by atoms with Gasteiger partial charge in [-0.1, -0.05) is 6.92 Å². The van der Waals surface area contributed by atoms with Crippen molar-refractivity contribution >= 4 is 23.0 Å².